The fourth-order valence-corrected chi connectivity index (χ4v) is 7.07. The number of nitrogens with one attached hydrogen (secondary N) is 2. The van der Waals surface area contributed by atoms with E-state index in [0.717, 1.165) is 32.5 Å². The van der Waals surface area contributed by atoms with E-state index in [1.165, 1.54) is 16.4 Å². The van der Waals surface area contributed by atoms with Gasteiger partial charge in [0.25, 0.3) is 15.2 Å². The molecule has 1 unspecified atom stereocenters. The number of rotatable bonds is 1. The van der Waals surface area contributed by atoms with E-state index in [1.54, 1.807) is 18.3 Å². The highest BCUT2D eigenvalue weighted by molar-refractivity contribution is 7.89. The molecule has 37 heavy (non-hydrogen) atoms. The average molecular weight is 528 g/mol. The highest BCUT2D eigenvalue weighted by atomic mass is 32.2. The van der Waals surface area contributed by atoms with Crippen LogP contribution in [-0.4, -0.2) is 77.1 Å². The standard InChI is InChI=1S/C25H30FN7O3S/c1-16(2)19-11-18(26)12-20-17-4-6-27-21(10-17)36-9-3-7-32-8-5-25(13-32)14-33(15-25)37(34,35)24-29-23(30-31-24)28-22(19)20/h4,6,10-12,16H,3,5,7-9,13-15H2,1-2H3,(H2,28,29,30,31). The lowest BCUT2D eigenvalue weighted by molar-refractivity contribution is 0.0767. The molecule has 2 N–H and O–H groups in total. The van der Waals surface area contributed by atoms with Gasteiger partial charge < -0.3 is 15.0 Å². The van der Waals surface area contributed by atoms with Crippen LogP contribution in [0.15, 0.2) is 35.6 Å². The highest BCUT2D eigenvalue weighted by Crippen LogP contribution is 2.42. The summed E-state index contributed by atoms with van der Waals surface area (Å²) in [6, 6.07) is 6.49. The van der Waals surface area contributed by atoms with Crippen molar-refractivity contribution in [2.45, 2.75) is 37.8 Å². The number of sulfonamides is 1. The van der Waals surface area contributed by atoms with Gasteiger partial charge in [-0.15, -0.1) is 5.10 Å². The van der Waals surface area contributed by atoms with Crippen molar-refractivity contribution in [2.75, 3.05) is 44.6 Å². The highest BCUT2D eigenvalue weighted by Gasteiger charge is 2.52. The van der Waals surface area contributed by atoms with E-state index < -0.39 is 10.0 Å². The van der Waals surface area contributed by atoms with Crippen LogP contribution in [-0.2, 0) is 10.0 Å². The SMILES string of the molecule is CC(C)c1cc(F)cc2c1Nc1n[nH]c(n1)S(=O)(=O)N1CC3(CCN(CCCOc4cc-2ccn4)C3)C1. The summed E-state index contributed by atoms with van der Waals surface area (Å²) in [5.74, 6) is 0.159. The number of nitrogens with zero attached hydrogens (tertiary/aromatic N) is 5. The Morgan fingerprint density at radius 1 is 1.16 bits per heavy atom. The third kappa shape index (κ3) is 4.47. The summed E-state index contributed by atoms with van der Waals surface area (Å²) >= 11 is 0. The zero-order valence-electron chi connectivity index (χ0n) is 20.9. The molecule has 0 amide bonds. The maximum Gasteiger partial charge on any atom is 0.278 e. The lowest BCUT2D eigenvalue weighted by Crippen LogP contribution is -2.59. The molecule has 2 fully saturated rings. The van der Waals surface area contributed by atoms with Gasteiger partial charge >= 0.3 is 0 Å². The van der Waals surface area contributed by atoms with E-state index in [1.807, 2.05) is 13.8 Å². The Morgan fingerprint density at radius 3 is 2.81 bits per heavy atom. The van der Waals surface area contributed by atoms with Crippen molar-refractivity contribution < 1.29 is 17.5 Å². The van der Waals surface area contributed by atoms with Crippen molar-refractivity contribution >= 4 is 21.7 Å². The summed E-state index contributed by atoms with van der Waals surface area (Å²) in [7, 11) is -3.80. The smallest absolute Gasteiger partial charge is 0.278 e. The molecule has 2 aromatic heterocycles. The van der Waals surface area contributed by atoms with Gasteiger partial charge in [-0.1, -0.05) is 13.8 Å². The fraction of sp³-hybridized carbons (Fsp3) is 0.480. The van der Waals surface area contributed by atoms with Crippen LogP contribution in [0.2, 0.25) is 0 Å². The molecule has 10 nitrogen and oxygen atoms in total. The molecule has 7 bridgehead atoms. The number of hydrogen-bond donors (Lipinski definition) is 2. The van der Waals surface area contributed by atoms with E-state index >= 15 is 0 Å². The van der Waals surface area contributed by atoms with E-state index in [0.29, 0.717) is 48.0 Å². The third-order valence-electron chi connectivity index (χ3n) is 7.50. The molecule has 6 heterocycles. The number of H-pyrrole nitrogens is 1. The Hall–Kier alpha value is -3.09. The van der Waals surface area contributed by atoms with Crippen LogP contribution < -0.4 is 10.1 Å². The van der Waals surface area contributed by atoms with Gasteiger partial charge in [-0.2, -0.15) is 9.29 Å². The van der Waals surface area contributed by atoms with Gasteiger partial charge in [0, 0.05) is 49.4 Å². The van der Waals surface area contributed by atoms with Gasteiger partial charge in [-0.05, 0) is 54.6 Å². The van der Waals surface area contributed by atoms with Crippen LogP contribution in [0.25, 0.3) is 11.1 Å². The van der Waals surface area contributed by atoms with Gasteiger partial charge in [0.2, 0.25) is 11.8 Å². The van der Waals surface area contributed by atoms with Crippen molar-refractivity contribution in [3.8, 4) is 17.0 Å². The summed E-state index contributed by atoms with van der Waals surface area (Å²) in [5, 5.41) is 9.70. The zero-order chi connectivity index (χ0) is 25.8. The van der Waals surface area contributed by atoms with Crippen LogP contribution >= 0.6 is 0 Å². The molecule has 196 valence electrons. The fourth-order valence-electron chi connectivity index (χ4n) is 5.57. The quantitative estimate of drug-likeness (QED) is 0.495. The van der Waals surface area contributed by atoms with Gasteiger partial charge in [0.05, 0.1) is 12.3 Å². The molecular weight excluding hydrogens is 497 g/mol. The minimum atomic E-state index is -3.80. The van der Waals surface area contributed by atoms with Crippen molar-refractivity contribution in [1.29, 1.82) is 0 Å². The van der Waals surface area contributed by atoms with Gasteiger partial charge in [-0.3, -0.25) is 0 Å². The molecule has 0 aliphatic carbocycles. The number of hydrogen-bond acceptors (Lipinski definition) is 8. The van der Waals surface area contributed by atoms with Crippen molar-refractivity contribution in [2.24, 2.45) is 5.41 Å². The number of ether oxygens (including phenoxy) is 1. The van der Waals surface area contributed by atoms with Gasteiger partial charge in [0.15, 0.2) is 0 Å². The molecule has 0 saturated carbocycles. The monoisotopic (exact) mass is 527 g/mol. The maximum atomic E-state index is 14.8. The first-order valence-corrected chi connectivity index (χ1v) is 14.0. The maximum absolute atomic E-state index is 14.8. The predicted octanol–water partition coefficient (Wildman–Crippen LogP) is 3.35. The number of fused-ring (bicyclic) bond motifs is 3. The van der Waals surface area contributed by atoms with Crippen LogP contribution in [0.5, 0.6) is 5.88 Å². The minimum absolute atomic E-state index is 0.0109. The van der Waals surface area contributed by atoms with Crippen LogP contribution in [0.4, 0.5) is 16.0 Å². The lowest BCUT2D eigenvalue weighted by atomic mass is 9.81. The van der Waals surface area contributed by atoms with Gasteiger partial charge in [-0.25, -0.2) is 22.9 Å². The summed E-state index contributed by atoms with van der Waals surface area (Å²) < 4.78 is 48.7. The Balaban J connectivity index is 1.42. The third-order valence-corrected chi connectivity index (χ3v) is 9.11. The Morgan fingerprint density at radius 2 is 2.00 bits per heavy atom. The van der Waals surface area contributed by atoms with Gasteiger partial charge in [0.1, 0.15) is 5.82 Å². The first kappa shape index (κ1) is 24.3. The molecule has 12 heteroatoms. The van der Waals surface area contributed by atoms with Crippen LogP contribution in [0, 0.1) is 11.2 Å². The first-order chi connectivity index (χ1) is 17.7. The molecule has 4 aliphatic heterocycles. The summed E-state index contributed by atoms with van der Waals surface area (Å²) in [6.45, 7) is 8.06. The number of pyridine rings is 1. The molecule has 4 aliphatic rings. The predicted molar refractivity (Wildman–Crippen MR) is 136 cm³/mol. The number of halogens is 1. The molecule has 1 atom stereocenters. The molecule has 7 rings (SSSR count). The molecule has 2 saturated heterocycles. The van der Waals surface area contributed by atoms with Crippen LogP contribution in [0.3, 0.4) is 0 Å². The molecule has 1 aromatic carbocycles. The van der Waals surface area contributed by atoms with Crippen molar-refractivity contribution in [3.05, 3.63) is 41.8 Å². The molecule has 0 radical (unpaired) electrons. The van der Waals surface area contributed by atoms with Crippen LogP contribution in [0.1, 0.15) is 38.2 Å². The number of benzene rings is 1. The van der Waals surface area contributed by atoms with E-state index in [4.69, 9.17) is 4.74 Å². The van der Waals surface area contributed by atoms with E-state index in [9.17, 15) is 12.8 Å². The molecule has 3 aromatic rings. The topological polar surface area (TPSA) is 116 Å². The Labute approximate surface area is 215 Å². The first-order valence-electron chi connectivity index (χ1n) is 12.6. The lowest BCUT2D eigenvalue weighted by Gasteiger charge is -2.46. The summed E-state index contributed by atoms with van der Waals surface area (Å²) in [5.41, 5.74) is 2.59. The number of aromatic nitrogens is 4. The summed E-state index contributed by atoms with van der Waals surface area (Å²) in [6.07, 6.45) is 3.44. The molecular formula is C25H30FN7O3S. The minimum Gasteiger partial charge on any atom is -0.478 e. The normalized spacial score (nSPS) is 26.6. The Kier molecular flexibility index (Phi) is 5.92. The van der Waals surface area contributed by atoms with Crippen molar-refractivity contribution in [3.63, 3.8) is 0 Å². The Bertz CT molecular complexity index is 1440. The second kappa shape index (κ2) is 9.03. The largest absolute Gasteiger partial charge is 0.478 e. The number of anilines is 2. The van der Waals surface area contributed by atoms with E-state index in [2.05, 4.69) is 30.4 Å². The molecule has 1 spiro atoms. The second-order valence-electron chi connectivity index (χ2n) is 10.5. The summed E-state index contributed by atoms with van der Waals surface area (Å²) in [4.78, 5) is 11.0. The second-order valence-corrected chi connectivity index (χ2v) is 12.4. The van der Waals surface area contributed by atoms with Crippen molar-refractivity contribution in [1.82, 2.24) is 29.4 Å². The number of aromatic amines is 1. The zero-order valence-corrected chi connectivity index (χ0v) is 21.7. The average Bonchev–Trinajstić information content (AvgIpc) is 3.49. The van der Waals surface area contributed by atoms with E-state index in [-0.39, 0.29) is 28.3 Å².